The number of halogens is 1. The maximum atomic E-state index is 10.2. The van der Waals surface area contributed by atoms with E-state index in [4.69, 9.17) is 8.22 Å². The summed E-state index contributed by atoms with van der Waals surface area (Å²) in [5, 5.41) is 10.2. The van der Waals surface area contributed by atoms with Crippen molar-refractivity contribution in [3.05, 3.63) is 34.3 Å². The Labute approximate surface area is 83.6 Å². The van der Waals surface area contributed by atoms with E-state index >= 15 is 0 Å². The highest BCUT2D eigenvalue weighted by Crippen LogP contribution is 2.26. The molecule has 0 saturated heterocycles. The Kier molecular flexibility index (Phi) is 0.962. The lowest BCUT2D eigenvalue weighted by atomic mass is 9.99. The molecule has 0 radical (unpaired) electrons. The van der Waals surface area contributed by atoms with Gasteiger partial charge in [-0.25, -0.2) is 0 Å². The summed E-state index contributed by atoms with van der Waals surface area (Å²) in [6, 6.07) is 5.84. The molecule has 1 nitrogen and oxygen atoms in total. The first-order valence-electron chi connectivity index (χ1n) is 5.99. The van der Waals surface area contributed by atoms with Crippen LogP contribution in [0, 0.1) is 0 Å². The van der Waals surface area contributed by atoms with Crippen LogP contribution in [0.1, 0.15) is 27.5 Å². The van der Waals surface area contributed by atoms with Gasteiger partial charge >= 0.3 is 0 Å². The van der Waals surface area contributed by atoms with Crippen molar-refractivity contribution in [1.82, 2.24) is 0 Å². The Balaban J connectivity index is 3.53. The minimum atomic E-state index is -3.05. The molecule has 1 rings (SSSR count). The summed E-state index contributed by atoms with van der Waals surface area (Å²) < 4.78 is 43.9. The van der Waals surface area contributed by atoms with E-state index in [0.29, 0.717) is 0 Å². The zero-order valence-corrected chi connectivity index (χ0v) is 7.22. The van der Waals surface area contributed by atoms with Gasteiger partial charge in [0.05, 0.1) is 5.60 Å². The van der Waals surface area contributed by atoms with E-state index in [9.17, 15) is 5.11 Å². The maximum absolute atomic E-state index is 10.2. The van der Waals surface area contributed by atoms with E-state index in [-0.39, 0.29) is 10.0 Å². The van der Waals surface area contributed by atoms with E-state index in [2.05, 4.69) is 15.9 Å². The lowest BCUT2D eigenvalue weighted by Gasteiger charge is -2.18. The highest BCUT2D eigenvalue weighted by molar-refractivity contribution is 9.10. The summed E-state index contributed by atoms with van der Waals surface area (Å²) in [4.78, 5) is 0. The average Bonchev–Trinajstić information content (AvgIpc) is 2.13. The normalized spacial score (nSPS) is 22.0. The van der Waals surface area contributed by atoms with Crippen LogP contribution in [0.2, 0.25) is 0 Å². The average molecular weight is 221 g/mol. The van der Waals surface area contributed by atoms with Crippen molar-refractivity contribution >= 4 is 15.9 Å². The Morgan fingerprint density at radius 1 is 1.45 bits per heavy atom. The molecule has 1 N–H and O–H groups in total. The molecule has 0 unspecified atom stereocenters. The van der Waals surface area contributed by atoms with Crippen molar-refractivity contribution in [3.63, 3.8) is 0 Å². The van der Waals surface area contributed by atoms with Crippen LogP contribution in [-0.4, -0.2) is 5.11 Å². The van der Waals surface area contributed by atoms with Crippen LogP contribution in [0.15, 0.2) is 28.7 Å². The van der Waals surface area contributed by atoms with Crippen LogP contribution in [0.25, 0.3) is 0 Å². The molecule has 0 amide bonds. The minimum Gasteiger partial charge on any atom is -0.386 e. The summed E-state index contributed by atoms with van der Waals surface area (Å²) >= 11 is 3.06. The fourth-order valence-electron chi connectivity index (χ4n) is 0.755. The highest BCUT2D eigenvalue weighted by atomic mass is 79.9. The second kappa shape index (κ2) is 2.95. The molecule has 0 aromatic heterocycles. The number of hydrogen-bond acceptors (Lipinski definition) is 1. The summed E-state index contributed by atoms with van der Waals surface area (Å²) in [7, 11) is 0. The summed E-state index contributed by atoms with van der Waals surface area (Å²) in [5.74, 6) is 0. The molecule has 0 atom stereocenters. The van der Waals surface area contributed by atoms with Gasteiger partial charge in [0.2, 0.25) is 0 Å². The molecule has 1 aromatic carbocycles. The summed E-state index contributed by atoms with van der Waals surface area (Å²) in [6.45, 7) is -6.11. The highest BCUT2D eigenvalue weighted by Gasteiger charge is 2.17. The monoisotopic (exact) mass is 220 g/mol. The smallest absolute Gasteiger partial charge is 0.0851 e. The lowest BCUT2D eigenvalue weighted by Crippen LogP contribution is -2.15. The SMILES string of the molecule is [2H]C([2H])([2H])C(O)(c1ccccc1Br)C([2H])([2H])[2H]. The predicted octanol–water partition coefficient (Wildman–Crippen LogP) is 2.68. The zero-order valence-electron chi connectivity index (χ0n) is 11.6. The van der Waals surface area contributed by atoms with Crippen molar-refractivity contribution < 1.29 is 13.3 Å². The first-order valence-corrected chi connectivity index (χ1v) is 3.78. The fraction of sp³-hybridized carbons (Fsp3) is 0.333. The van der Waals surface area contributed by atoms with Gasteiger partial charge in [-0.15, -0.1) is 0 Å². The van der Waals surface area contributed by atoms with E-state index in [0.717, 1.165) is 0 Å². The molecule has 11 heavy (non-hydrogen) atoms. The predicted molar refractivity (Wildman–Crippen MR) is 49.4 cm³/mol. The minimum absolute atomic E-state index is 0.167. The van der Waals surface area contributed by atoms with Gasteiger partial charge in [-0.3, -0.25) is 0 Å². The van der Waals surface area contributed by atoms with E-state index in [1.54, 1.807) is 6.07 Å². The number of rotatable bonds is 1. The van der Waals surface area contributed by atoms with Gasteiger partial charge in [0.25, 0.3) is 0 Å². The summed E-state index contributed by atoms with van der Waals surface area (Å²) in [5.41, 5.74) is -3.06. The van der Waals surface area contributed by atoms with Gasteiger partial charge in [0.1, 0.15) is 0 Å². The molecule has 0 aliphatic rings. The largest absolute Gasteiger partial charge is 0.386 e. The molecule has 0 aliphatic carbocycles. The third-order valence-corrected chi connectivity index (χ3v) is 1.96. The van der Waals surface area contributed by atoms with Crippen molar-refractivity contribution in [2.24, 2.45) is 0 Å². The van der Waals surface area contributed by atoms with Crippen molar-refractivity contribution in [2.75, 3.05) is 0 Å². The molecular weight excluding hydrogens is 204 g/mol. The van der Waals surface area contributed by atoms with Gasteiger partial charge < -0.3 is 5.11 Å². The lowest BCUT2D eigenvalue weighted by molar-refractivity contribution is 0.0778. The number of benzene rings is 1. The maximum Gasteiger partial charge on any atom is 0.0851 e. The molecular formula is C9H11BrO. The topological polar surface area (TPSA) is 20.2 Å². The molecule has 0 spiro atoms. The van der Waals surface area contributed by atoms with Crippen LogP contribution in [0.3, 0.4) is 0 Å². The van der Waals surface area contributed by atoms with Crippen LogP contribution in [-0.2, 0) is 5.60 Å². The van der Waals surface area contributed by atoms with E-state index < -0.39 is 19.3 Å². The third-order valence-electron chi connectivity index (χ3n) is 1.26. The van der Waals surface area contributed by atoms with Gasteiger partial charge in [-0.1, -0.05) is 34.1 Å². The molecule has 0 fully saturated rings. The van der Waals surface area contributed by atoms with Gasteiger partial charge in [0, 0.05) is 12.7 Å². The Hall–Kier alpha value is -0.340. The van der Waals surface area contributed by atoms with Crippen molar-refractivity contribution in [3.8, 4) is 0 Å². The van der Waals surface area contributed by atoms with Crippen LogP contribution in [0.5, 0.6) is 0 Å². The molecule has 0 saturated carbocycles. The number of aliphatic hydroxyl groups is 1. The molecule has 60 valence electrons. The van der Waals surface area contributed by atoms with Crippen molar-refractivity contribution in [2.45, 2.75) is 19.3 Å². The second-order valence-electron chi connectivity index (χ2n) is 2.19. The van der Waals surface area contributed by atoms with Crippen LogP contribution >= 0.6 is 15.9 Å². The van der Waals surface area contributed by atoms with Crippen LogP contribution in [0.4, 0.5) is 0 Å². The summed E-state index contributed by atoms with van der Waals surface area (Å²) in [6.07, 6.45) is 0. The fourth-order valence-corrected chi connectivity index (χ4v) is 1.33. The van der Waals surface area contributed by atoms with Crippen molar-refractivity contribution in [1.29, 1.82) is 0 Å². The first kappa shape index (κ1) is 3.58. The Bertz CT molecular complexity index is 397. The molecule has 0 heterocycles. The molecule has 0 bridgehead atoms. The standard InChI is InChI=1S/C9H11BrO/c1-9(2,11)7-5-3-4-6-8(7)10/h3-6,11H,1-2H3/i1D3,2D3. The molecule has 2 heteroatoms. The molecule has 0 aliphatic heterocycles. The van der Waals surface area contributed by atoms with Crippen LogP contribution < -0.4 is 0 Å². The van der Waals surface area contributed by atoms with Gasteiger partial charge in [0.15, 0.2) is 0 Å². The van der Waals surface area contributed by atoms with E-state index in [1.165, 1.54) is 18.2 Å². The quantitative estimate of drug-likeness (QED) is 0.772. The third kappa shape index (κ3) is 2.04. The van der Waals surface area contributed by atoms with Gasteiger partial charge in [-0.2, -0.15) is 0 Å². The molecule has 1 aromatic rings. The van der Waals surface area contributed by atoms with Gasteiger partial charge in [-0.05, 0) is 25.3 Å². The van der Waals surface area contributed by atoms with E-state index in [1.807, 2.05) is 0 Å². The Morgan fingerprint density at radius 3 is 2.64 bits per heavy atom. The second-order valence-corrected chi connectivity index (χ2v) is 3.04. The zero-order chi connectivity index (χ0) is 13.5. The number of hydrogen-bond donors (Lipinski definition) is 1. The first-order chi connectivity index (χ1) is 7.52. The Morgan fingerprint density at radius 2 is 2.09 bits per heavy atom.